The number of halogens is 1. The maximum absolute atomic E-state index is 10.9. The normalized spacial score (nSPS) is 27.4. The lowest BCUT2D eigenvalue weighted by Gasteiger charge is -2.39. The third-order valence-electron chi connectivity index (χ3n) is 3.84. The second-order valence-electron chi connectivity index (χ2n) is 5.27. The predicted octanol–water partition coefficient (Wildman–Crippen LogP) is 0.903. The van der Waals surface area contributed by atoms with Gasteiger partial charge in [0, 0.05) is 31.3 Å². The van der Waals surface area contributed by atoms with Crippen LogP contribution in [0.15, 0.2) is 22.9 Å². The van der Waals surface area contributed by atoms with Crippen LogP contribution in [0, 0.1) is 0 Å². The van der Waals surface area contributed by atoms with Crippen molar-refractivity contribution in [2.75, 3.05) is 26.3 Å². The number of hydrogen-bond acceptors (Lipinski definition) is 5. The standard InChI is InChI=1S/C13H15BrN2O4/c14-11-9(2-1-3-16-11)13(19-4-10(17)18)5-12(20-8-13)6-15-7-12/h1-3,15H,4-8H2,(H,17,18). The van der Waals surface area contributed by atoms with Crippen LogP contribution in [0.2, 0.25) is 0 Å². The van der Waals surface area contributed by atoms with Gasteiger partial charge in [0.2, 0.25) is 0 Å². The summed E-state index contributed by atoms with van der Waals surface area (Å²) in [5, 5.41) is 12.1. The van der Waals surface area contributed by atoms with Crippen molar-refractivity contribution in [3.05, 3.63) is 28.5 Å². The summed E-state index contributed by atoms with van der Waals surface area (Å²) in [5.74, 6) is -0.989. The zero-order chi connectivity index (χ0) is 14.2. The number of carboxylic acid groups (broad SMARTS) is 1. The fraction of sp³-hybridized carbons (Fsp3) is 0.538. The summed E-state index contributed by atoms with van der Waals surface area (Å²) in [7, 11) is 0. The summed E-state index contributed by atoms with van der Waals surface area (Å²) in [6, 6.07) is 3.71. The maximum atomic E-state index is 10.9. The Bertz CT molecular complexity index is 535. The minimum Gasteiger partial charge on any atom is -0.480 e. The van der Waals surface area contributed by atoms with Crippen molar-refractivity contribution in [1.29, 1.82) is 0 Å². The number of nitrogens with zero attached hydrogens (tertiary/aromatic N) is 1. The molecular formula is C13H15BrN2O4. The van der Waals surface area contributed by atoms with Crippen LogP contribution >= 0.6 is 15.9 Å². The lowest BCUT2D eigenvalue weighted by atomic mass is 9.83. The Balaban J connectivity index is 1.92. The lowest BCUT2D eigenvalue weighted by Crippen LogP contribution is -2.59. The summed E-state index contributed by atoms with van der Waals surface area (Å²) < 4.78 is 12.3. The quantitative estimate of drug-likeness (QED) is 0.791. The highest BCUT2D eigenvalue weighted by Crippen LogP contribution is 2.46. The van der Waals surface area contributed by atoms with E-state index in [1.165, 1.54) is 0 Å². The zero-order valence-electron chi connectivity index (χ0n) is 10.8. The Hall–Kier alpha value is -1.02. The van der Waals surface area contributed by atoms with Crippen molar-refractivity contribution >= 4 is 21.9 Å². The summed E-state index contributed by atoms with van der Waals surface area (Å²) in [6.45, 7) is 1.52. The van der Waals surface area contributed by atoms with E-state index in [4.69, 9.17) is 14.6 Å². The molecule has 7 heteroatoms. The second kappa shape index (κ2) is 5.07. The number of aliphatic carboxylic acids is 1. The fourth-order valence-electron chi connectivity index (χ4n) is 2.79. The van der Waals surface area contributed by atoms with E-state index in [1.54, 1.807) is 6.20 Å². The molecule has 1 atom stereocenters. The first-order valence-electron chi connectivity index (χ1n) is 6.37. The third kappa shape index (κ3) is 2.35. The Morgan fingerprint density at radius 1 is 1.60 bits per heavy atom. The van der Waals surface area contributed by atoms with Crippen molar-refractivity contribution in [3.63, 3.8) is 0 Å². The number of pyridine rings is 1. The number of carbonyl (C=O) groups is 1. The number of rotatable bonds is 4. The van der Waals surface area contributed by atoms with Crippen LogP contribution in [0.25, 0.3) is 0 Å². The molecule has 2 aliphatic rings. The molecule has 0 aliphatic carbocycles. The van der Waals surface area contributed by atoms with Crippen LogP contribution in [0.3, 0.4) is 0 Å². The number of aromatic nitrogens is 1. The average Bonchev–Trinajstić information content (AvgIpc) is 2.78. The van der Waals surface area contributed by atoms with Gasteiger partial charge in [-0.15, -0.1) is 0 Å². The Labute approximate surface area is 124 Å². The van der Waals surface area contributed by atoms with Crippen LogP contribution in [0.1, 0.15) is 12.0 Å². The number of nitrogens with one attached hydrogen (secondary N) is 1. The summed E-state index contributed by atoms with van der Waals surface area (Å²) in [5.41, 5.74) is -0.161. The van der Waals surface area contributed by atoms with Gasteiger partial charge in [-0.3, -0.25) is 0 Å². The van der Waals surface area contributed by atoms with Crippen molar-refractivity contribution < 1.29 is 19.4 Å². The minimum absolute atomic E-state index is 0.242. The molecule has 3 heterocycles. The molecule has 0 bridgehead atoms. The first-order chi connectivity index (χ1) is 9.55. The Kier molecular flexibility index (Phi) is 3.53. The van der Waals surface area contributed by atoms with Gasteiger partial charge in [-0.25, -0.2) is 9.78 Å². The first-order valence-corrected chi connectivity index (χ1v) is 7.16. The predicted molar refractivity (Wildman–Crippen MR) is 73.4 cm³/mol. The molecule has 1 aromatic heterocycles. The summed E-state index contributed by atoms with van der Waals surface area (Å²) >= 11 is 3.42. The molecule has 108 valence electrons. The van der Waals surface area contributed by atoms with Crippen LogP contribution in [0.4, 0.5) is 0 Å². The van der Waals surface area contributed by atoms with E-state index in [0.29, 0.717) is 17.6 Å². The molecule has 20 heavy (non-hydrogen) atoms. The molecule has 2 fully saturated rings. The molecular weight excluding hydrogens is 328 g/mol. The van der Waals surface area contributed by atoms with Crippen molar-refractivity contribution in [3.8, 4) is 0 Å². The van der Waals surface area contributed by atoms with Crippen LogP contribution in [0.5, 0.6) is 0 Å². The Morgan fingerprint density at radius 3 is 2.95 bits per heavy atom. The van der Waals surface area contributed by atoms with Gasteiger partial charge < -0.3 is 19.9 Å². The van der Waals surface area contributed by atoms with E-state index in [-0.39, 0.29) is 12.2 Å². The highest BCUT2D eigenvalue weighted by molar-refractivity contribution is 9.10. The SMILES string of the molecule is O=C(O)COC1(c2cccnc2Br)COC2(CNC2)C1. The molecule has 0 amide bonds. The van der Waals surface area contributed by atoms with Gasteiger partial charge in [0.1, 0.15) is 16.8 Å². The van der Waals surface area contributed by atoms with Gasteiger partial charge in [0.05, 0.1) is 12.2 Å². The monoisotopic (exact) mass is 342 g/mol. The first kappa shape index (κ1) is 13.9. The summed E-state index contributed by atoms with van der Waals surface area (Å²) in [6.07, 6.45) is 2.31. The molecule has 0 radical (unpaired) electrons. The molecule has 0 saturated carbocycles. The number of carboxylic acids is 1. The molecule has 2 N–H and O–H groups in total. The van der Waals surface area contributed by atoms with Crippen LogP contribution < -0.4 is 5.32 Å². The number of hydrogen-bond donors (Lipinski definition) is 2. The van der Waals surface area contributed by atoms with E-state index in [1.807, 2.05) is 12.1 Å². The van der Waals surface area contributed by atoms with Gasteiger partial charge in [-0.05, 0) is 22.0 Å². The van der Waals surface area contributed by atoms with Crippen molar-refractivity contribution in [2.24, 2.45) is 0 Å². The van der Waals surface area contributed by atoms with E-state index >= 15 is 0 Å². The zero-order valence-corrected chi connectivity index (χ0v) is 12.4. The fourth-order valence-corrected chi connectivity index (χ4v) is 3.40. The van der Waals surface area contributed by atoms with Crippen LogP contribution in [-0.2, 0) is 19.9 Å². The number of ether oxygens (including phenoxy) is 2. The van der Waals surface area contributed by atoms with E-state index in [9.17, 15) is 4.79 Å². The largest absolute Gasteiger partial charge is 0.480 e. The van der Waals surface area contributed by atoms with Crippen LogP contribution in [-0.4, -0.2) is 48.0 Å². The smallest absolute Gasteiger partial charge is 0.329 e. The third-order valence-corrected chi connectivity index (χ3v) is 4.47. The van der Waals surface area contributed by atoms with Gasteiger partial charge in [-0.1, -0.05) is 6.07 Å². The van der Waals surface area contributed by atoms with E-state index in [2.05, 4.69) is 26.2 Å². The van der Waals surface area contributed by atoms with E-state index < -0.39 is 11.6 Å². The van der Waals surface area contributed by atoms with Gasteiger partial charge in [0.25, 0.3) is 0 Å². The second-order valence-corrected chi connectivity index (χ2v) is 6.02. The maximum Gasteiger partial charge on any atom is 0.329 e. The molecule has 1 unspecified atom stereocenters. The average molecular weight is 343 g/mol. The van der Waals surface area contributed by atoms with E-state index in [0.717, 1.165) is 18.7 Å². The Morgan fingerprint density at radius 2 is 2.40 bits per heavy atom. The molecule has 3 rings (SSSR count). The minimum atomic E-state index is -0.989. The molecule has 1 spiro atoms. The molecule has 1 aromatic rings. The molecule has 2 aliphatic heterocycles. The molecule has 2 saturated heterocycles. The highest BCUT2D eigenvalue weighted by Gasteiger charge is 2.55. The molecule has 0 aromatic carbocycles. The van der Waals surface area contributed by atoms with Gasteiger partial charge in [-0.2, -0.15) is 0 Å². The van der Waals surface area contributed by atoms with Gasteiger partial charge >= 0.3 is 5.97 Å². The molecule has 6 nitrogen and oxygen atoms in total. The topological polar surface area (TPSA) is 80.7 Å². The highest BCUT2D eigenvalue weighted by atomic mass is 79.9. The van der Waals surface area contributed by atoms with Crippen molar-refractivity contribution in [1.82, 2.24) is 10.3 Å². The van der Waals surface area contributed by atoms with Gasteiger partial charge in [0.15, 0.2) is 0 Å². The van der Waals surface area contributed by atoms with Crippen molar-refractivity contribution in [2.45, 2.75) is 17.6 Å². The lowest BCUT2D eigenvalue weighted by molar-refractivity contribution is -0.150. The summed E-state index contributed by atoms with van der Waals surface area (Å²) in [4.78, 5) is 15.1.